The van der Waals surface area contributed by atoms with Crippen molar-refractivity contribution in [2.45, 2.75) is 0 Å². The van der Waals surface area contributed by atoms with Crippen molar-refractivity contribution in [2.75, 3.05) is 12.8 Å². The smallest absolute Gasteiger partial charge is 0.345 e. The lowest BCUT2D eigenvalue weighted by Crippen LogP contribution is -2.08. The Morgan fingerprint density at radius 1 is 1.62 bits per heavy atom. The van der Waals surface area contributed by atoms with Crippen LogP contribution in [0.3, 0.4) is 0 Å². The summed E-state index contributed by atoms with van der Waals surface area (Å²) in [6.45, 7) is 0. The summed E-state index contributed by atoms with van der Waals surface area (Å²) in [4.78, 5) is 21.2. The second-order valence-corrected chi connectivity index (χ2v) is 2.82. The maximum Gasteiger partial charge on any atom is 0.345 e. The van der Waals surface area contributed by atoms with Crippen LogP contribution in [0.1, 0.15) is 15.9 Å². The van der Waals surface area contributed by atoms with Crippen molar-refractivity contribution in [1.29, 1.82) is 5.26 Å². The molecule has 0 radical (unpaired) electrons. The maximum absolute atomic E-state index is 11.3. The van der Waals surface area contributed by atoms with Gasteiger partial charge in [-0.05, 0) is 12.1 Å². The highest BCUT2D eigenvalue weighted by Crippen LogP contribution is 2.28. The molecule has 0 saturated heterocycles. The molecule has 0 amide bonds. The van der Waals surface area contributed by atoms with Gasteiger partial charge in [-0.15, -0.1) is 0 Å². The Hall–Kier alpha value is -2.62. The molecule has 1 aromatic carbocycles. The van der Waals surface area contributed by atoms with E-state index < -0.39 is 16.6 Å². The third-order valence-electron chi connectivity index (χ3n) is 1.86. The van der Waals surface area contributed by atoms with Crippen molar-refractivity contribution in [3.8, 4) is 6.07 Å². The monoisotopic (exact) mass is 221 g/mol. The predicted octanol–water partition coefficient (Wildman–Crippen LogP) is 0.835. The van der Waals surface area contributed by atoms with Crippen molar-refractivity contribution in [3.63, 3.8) is 0 Å². The number of nitro groups is 1. The summed E-state index contributed by atoms with van der Waals surface area (Å²) in [5.41, 5.74) is 4.32. The summed E-state index contributed by atoms with van der Waals surface area (Å²) in [7, 11) is 1.08. The lowest BCUT2D eigenvalue weighted by atomic mass is 10.1. The number of nitrogens with zero attached hydrogens (tertiary/aromatic N) is 2. The average Bonchev–Trinajstić information content (AvgIpc) is 2.26. The van der Waals surface area contributed by atoms with Gasteiger partial charge >= 0.3 is 11.7 Å². The van der Waals surface area contributed by atoms with E-state index in [0.29, 0.717) is 0 Å². The van der Waals surface area contributed by atoms with Gasteiger partial charge in [-0.3, -0.25) is 10.1 Å². The topological polar surface area (TPSA) is 119 Å². The third kappa shape index (κ3) is 1.90. The first kappa shape index (κ1) is 11.5. The Bertz CT molecular complexity index is 504. The molecule has 0 aliphatic heterocycles. The molecular weight excluding hydrogens is 214 g/mol. The molecule has 0 heterocycles. The fourth-order valence-corrected chi connectivity index (χ4v) is 1.19. The van der Waals surface area contributed by atoms with Gasteiger partial charge in [0.25, 0.3) is 0 Å². The van der Waals surface area contributed by atoms with Crippen molar-refractivity contribution in [3.05, 3.63) is 33.4 Å². The Balaban J connectivity index is 3.54. The van der Waals surface area contributed by atoms with E-state index >= 15 is 0 Å². The zero-order valence-electron chi connectivity index (χ0n) is 8.26. The summed E-state index contributed by atoms with van der Waals surface area (Å²) in [6.07, 6.45) is 0. The molecule has 0 atom stereocenters. The Morgan fingerprint density at radius 2 is 2.25 bits per heavy atom. The summed E-state index contributed by atoms with van der Waals surface area (Å²) < 4.78 is 4.37. The molecule has 7 heteroatoms. The zero-order valence-corrected chi connectivity index (χ0v) is 8.26. The number of carbonyl (C=O) groups excluding carboxylic acids is 1. The number of nitrogen functional groups attached to an aromatic ring is 1. The molecule has 0 spiro atoms. The van der Waals surface area contributed by atoms with E-state index in [0.717, 1.165) is 19.2 Å². The number of rotatable bonds is 2. The molecule has 0 fully saturated rings. The number of anilines is 1. The molecule has 0 aliphatic carbocycles. The molecule has 0 aliphatic rings. The number of hydrogen-bond acceptors (Lipinski definition) is 6. The number of hydrogen-bond donors (Lipinski definition) is 1. The molecule has 1 aromatic rings. The SMILES string of the molecule is COC(=O)c1cc(C#N)cc(N)c1[N+](=O)[O-]. The summed E-state index contributed by atoms with van der Waals surface area (Å²) in [6, 6.07) is 3.94. The van der Waals surface area contributed by atoms with Crippen molar-refractivity contribution >= 4 is 17.3 Å². The van der Waals surface area contributed by atoms with Gasteiger partial charge < -0.3 is 10.5 Å². The van der Waals surface area contributed by atoms with E-state index in [9.17, 15) is 14.9 Å². The van der Waals surface area contributed by atoms with Crippen LogP contribution in [0.5, 0.6) is 0 Å². The summed E-state index contributed by atoms with van der Waals surface area (Å²) in [5.74, 6) is -0.907. The fourth-order valence-electron chi connectivity index (χ4n) is 1.19. The van der Waals surface area contributed by atoms with Gasteiger partial charge in [-0.2, -0.15) is 5.26 Å². The third-order valence-corrected chi connectivity index (χ3v) is 1.86. The van der Waals surface area contributed by atoms with Crippen LogP contribution in [-0.4, -0.2) is 18.0 Å². The van der Waals surface area contributed by atoms with E-state index in [1.807, 2.05) is 0 Å². The van der Waals surface area contributed by atoms with Crippen molar-refractivity contribution in [1.82, 2.24) is 0 Å². The molecule has 16 heavy (non-hydrogen) atoms. The first-order valence-electron chi connectivity index (χ1n) is 4.07. The minimum Gasteiger partial charge on any atom is -0.465 e. The number of methoxy groups -OCH3 is 1. The van der Waals surface area contributed by atoms with Crippen LogP contribution < -0.4 is 5.73 Å². The fraction of sp³-hybridized carbons (Fsp3) is 0.111. The highest BCUT2D eigenvalue weighted by molar-refractivity contribution is 5.97. The lowest BCUT2D eigenvalue weighted by molar-refractivity contribution is -0.384. The standard InChI is InChI=1S/C9H7N3O4/c1-16-9(13)6-2-5(4-10)3-7(11)8(6)12(14)15/h2-3H,11H2,1H3. The zero-order chi connectivity index (χ0) is 12.3. The molecule has 82 valence electrons. The Labute approximate surface area is 90.2 Å². The van der Waals surface area contributed by atoms with E-state index in [-0.39, 0.29) is 16.8 Å². The number of nitrogens with two attached hydrogens (primary N) is 1. The number of benzene rings is 1. The molecule has 0 unspecified atom stereocenters. The molecule has 0 bridgehead atoms. The van der Waals surface area contributed by atoms with E-state index in [1.165, 1.54) is 0 Å². The van der Waals surface area contributed by atoms with Gasteiger partial charge in [-0.1, -0.05) is 0 Å². The maximum atomic E-state index is 11.3. The minimum absolute atomic E-state index is 0.0588. The van der Waals surface area contributed by atoms with Crippen molar-refractivity contribution < 1.29 is 14.5 Å². The second kappa shape index (κ2) is 4.27. The number of ether oxygens (including phenoxy) is 1. The second-order valence-electron chi connectivity index (χ2n) is 2.82. The highest BCUT2D eigenvalue weighted by atomic mass is 16.6. The minimum atomic E-state index is -0.907. The summed E-state index contributed by atoms with van der Waals surface area (Å²) >= 11 is 0. The van der Waals surface area contributed by atoms with Crippen LogP contribution in [-0.2, 0) is 4.74 Å². The van der Waals surface area contributed by atoms with Crippen LogP contribution in [0.4, 0.5) is 11.4 Å². The Kier molecular flexibility index (Phi) is 3.06. The lowest BCUT2D eigenvalue weighted by Gasteiger charge is -2.03. The molecular formula is C9H7N3O4. The molecule has 0 saturated carbocycles. The van der Waals surface area contributed by atoms with Gasteiger partial charge in [0, 0.05) is 0 Å². The van der Waals surface area contributed by atoms with Crippen LogP contribution in [0.15, 0.2) is 12.1 Å². The average molecular weight is 221 g/mol. The van der Waals surface area contributed by atoms with Gasteiger partial charge in [-0.25, -0.2) is 4.79 Å². The van der Waals surface area contributed by atoms with E-state index in [1.54, 1.807) is 6.07 Å². The van der Waals surface area contributed by atoms with Crippen molar-refractivity contribution in [2.24, 2.45) is 0 Å². The number of carbonyl (C=O) groups is 1. The summed E-state index contributed by atoms with van der Waals surface area (Å²) in [5, 5.41) is 19.3. The van der Waals surface area contributed by atoms with Gasteiger partial charge in [0.15, 0.2) is 0 Å². The quantitative estimate of drug-likeness (QED) is 0.342. The first-order chi connectivity index (χ1) is 7.51. The first-order valence-corrected chi connectivity index (χ1v) is 4.07. The number of nitro benzene ring substituents is 1. The molecule has 0 aromatic heterocycles. The molecule has 1 rings (SSSR count). The van der Waals surface area contributed by atoms with E-state index in [2.05, 4.69) is 4.74 Å². The van der Waals surface area contributed by atoms with E-state index in [4.69, 9.17) is 11.0 Å². The Morgan fingerprint density at radius 3 is 2.69 bits per heavy atom. The largest absolute Gasteiger partial charge is 0.465 e. The van der Waals surface area contributed by atoms with Crippen LogP contribution in [0, 0.1) is 21.4 Å². The van der Waals surface area contributed by atoms with Gasteiger partial charge in [0.2, 0.25) is 0 Å². The number of esters is 1. The van der Waals surface area contributed by atoms with Crippen LogP contribution in [0.2, 0.25) is 0 Å². The molecule has 2 N–H and O–H groups in total. The van der Waals surface area contributed by atoms with Gasteiger partial charge in [0.1, 0.15) is 11.3 Å². The highest BCUT2D eigenvalue weighted by Gasteiger charge is 2.25. The number of nitriles is 1. The normalized spacial score (nSPS) is 9.25. The van der Waals surface area contributed by atoms with Gasteiger partial charge in [0.05, 0.1) is 23.7 Å². The van der Waals surface area contributed by atoms with Crippen LogP contribution >= 0.6 is 0 Å². The molecule has 7 nitrogen and oxygen atoms in total. The van der Waals surface area contributed by atoms with Crippen LogP contribution in [0.25, 0.3) is 0 Å². The predicted molar refractivity (Wildman–Crippen MR) is 53.6 cm³/mol.